The van der Waals surface area contributed by atoms with Crippen LogP contribution in [0.25, 0.3) is 16.7 Å². The first kappa shape index (κ1) is 13.5. The number of aromatic nitrogens is 2. The average molecular weight is 287 g/mol. The number of hydrogen-bond acceptors (Lipinski definition) is 2. The Balaban J connectivity index is 2.36. The number of halogens is 2. The molecular formula is C16H15F2N3. The topological polar surface area (TPSA) is 43.8 Å². The van der Waals surface area contributed by atoms with Gasteiger partial charge in [0.25, 0.3) is 0 Å². The molecule has 21 heavy (non-hydrogen) atoms. The molecule has 3 rings (SSSR count). The predicted molar refractivity (Wildman–Crippen MR) is 79.5 cm³/mol. The summed E-state index contributed by atoms with van der Waals surface area (Å²) in [6.07, 6.45) is 0.601. The van der Waals surface area contributed by atoms with Crippen LogP contribution in [0.5, 0.6) is 0 Å². The molecule has 0 spiro atoms. The standard InChI is InChI=1S/C16H15F2N3/c1-3-16-20-13-7-10(19)4-5-14(13)21(16)15-8-11(17)9(2)6-12(15)18/h4-8H,3,19H2,1-2H3. The summed E-state index contributed by atoms with van der Waals surface area (Å²) in [5.74, 6) is -0.247. The molecule has 5 heteroatoms. The lowest BCUT2D eigenvalue weighted by Gasteiger charge is -2.11. The SMILES string of the molecule is CCc1nc2cc(N)ccc2n1-c1cc(F)c(C)cc1F. The Morgan fingerprint density at radius 2 is 1.90 bits per heavy atom. The first-order chi connectivity index (χ1) is 10.0. The minimum atomic E-state index is -0.472. The van der Waals surface area contributed by atoms with Crippen LogP contribution in [0.4, 0.5) is 14.5 Å². The summed E-state index contributed by atoms with van der Waals surface area (Å²) in [5, 5.41) is 0. The molecule has 3 nitrogen and oxygen atoms in total. The van der Waals surface area contributed by atoms with E-state index in [1.807, 2.05) is 6.92 Å². The highest BCUT2D eigenvalue weighted by atomic mass is 19.1. The second-order valence-electron chi connectivity index (χ2n) is 5.02. The van der Waals surface area contributed by atoms with Crippen LogP contribution >= 0.6 is 0 Å². The van der Waals surface area contributed by atoms with Crippen molar-refractivity contribution >= 4 is 16.7 Å². The van der Waals surface area contributed by atoms with Crippen LogP contribution in [0.15, 0.2) is 30.3 Å². The van der Waals surface area contributed by atoms with Gasteiger partial charge in [-0.05, 0) is 36.8 Å². The van der Waals surface area contributed by atoms with Gasteiger partial charge < -0.3 is 5.73 Å². The molecule has 2 N–H and O–H groups in total. The lowest BCUT2D eigenvalue weighted by molar-refractivity contribution is 0.585. The number of fused-ring (bicyclic) bond motifs is 1. The van der Waals surface area contributed by atoms with Crippen molar-refractivity contribution in [2.45, 2.75) is 20.3 Å². The molecule has 0 saturated heterocycles. The molecule has 0 atom stereocenters. The lowest BCUT2D eigenvalue weighted by Crippen LogP contribution is -2.04. The van der Waals surface area contributed by atoms with Crippen LogP contribution in [-0.4, -0.2) is 9.55 Å². The molecule has 0 radical (unpaired) electrons. The van der Waals surface area contributed by atoms with E-state index in [0.29, 0.717) is 29.0 Å². The predicted octanol–water partition coefficient (Wildman–Crippen LogP) is 3.76. The molecule has 3 aromatic rings. The number of rotatable bonds is 2. The van der Waals surface area contributed by atoms with Gasteiger partial charge in [-0.1, -0.05) is 6.92 Å². The van der Waals surface area contributed by atoms with E-state index in [9.17, 15) is 8.78 Å². The highest BCUT2D eigenvalue weighted by molar-refractivity contribution is 5.81. The zero-order chi connectivity index (χ0) is 15.1. The third-order valence-corrected chi connectivity index (χ3v) is 3.53. The molecule has 0 unspecified atom stereocenters. The van der Waals surface area contributed by atoms with E-state index in [4.69, 9.17) is 5.73 Å². The Bertz CT molecular complexity index is 837. The summed E-state index contributed by atoms with van der Waals surface area (Å²) in [7, 11) is 0. The Labute approximate surface area is 121 Å². The highest BCUT2D eigenvalue weighted by Gasteiger charge is 2.16. The van der Waals surface area contributed by atoms with E-state index >= 15 is 0 Å². The summed E-state index contributed by atoms with van der Waals surface area (Å²) in [4.78, 5) is 4.46. The molecular weight excluding hydrogens is 272 g/mol. The first-order valence-corrected chi connectivity index (χ1v) is 6.74. The fourth-order valence-corrected chi connectivity index (χ4v) is 2.46. The van der Waals surface area contributed by atoms with Gasteiger partial charge in [0.2, 0.25) is 0 Å². The minimum absolute atomic E-state index is 0.169. The summed E-state index contributed by atoms with van der Waals surface area (Å²) in [6.45, 7) is 3.46. The van der Waals surface area contributed by atoms with Gasteiger partial charge in [0.15, 0.2) is 0 Å². The smallest absolute Gasteiger partial charge is 0.147 e. The molecule has 0 aliphatic heterocycles. The zero-order valence-electron chi connectivity index (χ0n) is 11.8. The van der Waals surface area contributed by atoms with Crippen molar-refractivity contribution in [1.29, 1.82) is 0 Å². The van der Waals surface area contributed by atoms with Gasteiger partial charge in [-0.25, -0.2) is 13.8 Å². The third kappa shape index (κ3) is 2.14. The number of nitrogen functional groups attached to an aromatic ring is 1. The molecule has 0 fully saturated rings. The van der Waals surface area contributed by atoms with Crippen molar-refractivity contribution in [3.8, 4) is 5.69 Å². The molecule has 1 heterocycles. The maximum absolute atomic E-state index is 14.3. The van der Waals surface area contributed by atoms with Gasteiger partial charge in [0.1, 0.15) is 17.5 Å². The normalized spacial score (nSPS) is 11.2. The highest BCUT2D eigenvalue weighted by Crippen LogP contribution is 2.26. The minimum Gasteiger partial charge on any atom is -0.399 e. The van der Waals surface area contributed by atoms with E-state index < -0.39 is 11.6 Å². The lowest BCUT2D eigenvalue weighted by atomic mass is 10.2. The number of hydrogen-bond donors (Lipinski definition) is 1. The second kappa shape index (κ2) is 4.84. The largest absolute Gasteiger partial charge is 0.399 e. The summed E-state index contributed by atoms with van der Waals surface area (Å²) < 4.78 is 29.8. The van der Waals surface area contributed by atoms with Gasteiger partial charge in [0, 0.05) is 18.2 Å². The number of aryl methyl sites for hydroxylation is 2. The molecule has 108 valence electrons. The van der Waals surface area contributed by atoms with Crippen LogP contribution in [-0.2, 0) is 6.42 Å². The number of nitrogens with zero attached hydrogens (tertiary/aromatic N) is 2. The molecule has 0 saturated carbocycles. The summed E-state index contributed by atoms with van der Waals surface area (Å²) >= 11 is 0. The Morgan fingerprint density at radius 1 is 1.14 bits per heavy atom. The Hall–Kier alpha value is -2.43. The van der Waals surface area contributed by atoms with Crippen molar-refractivity contribution in [2.24, 2.45) is 0 Å². The maximum atomic E-state index is 14.3. The Kier molecular flexibility index (Phi) is 3.12. The van der Waals surface area contributed by atoms with Crippen LogP contribution in [0.2, 0.25) is 0 Å². The van der Waals surface area contributed by atoms with Gasteiger partial charge in [-0.3, -0.25) is 4.57 Å². The molecule has 1 aromatic heterocycles. The fourth-order valence-electron chi connectivity index (χ4n) is 2.46. The fraction of sp³-hybridized carbons (Fsp3) is 0.188. The number of anilines is 1. The van der Waals surface area contributed by atoms with E-state index in [-0.39, 0.29) is 11.3 Å². The van der Waals surface area contributed by atoms with Gasteiger partial charge in [-0.15, -0.1) is 0 Å². The molecule has 0 bridgehead atoms. The van der Waals surface area contributed by atoms with E-state index in [0.717, 1.165) is 0 Å². The van der Waals surface area contributed by atoms with E-state index in [1.54, 1.807) is 22.8 Å². The third-order valence-electron chi connectivity index (χ3n) is 3.53. The van der Waals surface area contributed by atoms with Crippen molar-refractivity contribution in [2.75, 3.05) is 5.73 Å². The zero-order valence-corrected chi connectivity index (χ0v) is 11.8. The van der Waals surface area contributed by atoms with Crippen molar-refractivity contribution in [1.82, 2.24) is 9.55 Å². The van der Waals surface area contributed by atoms with Crippen molar-refractivity contribution < 1.29 is 8.78 Å². The quantitative estimate of drug-likeness (QED) is 0.729. The summed E-state index contributed by atoms with van der Waals surface area (Å²) in [5.41, 5.74) is 8.18. The Morgan fingerprint density at radius 3 is 2.62 bits per heavy atom. The van der Waals surface area contributed by atoms with Crippen LogP contribution < -0.4 is 5.73 Å². The molecule has 2 aromatic carbocycles. The average Bonchev–Trinajstić information content (AvgIpc) is 2.80. The van der Waals surface area contributed by atoms with Crippen molar-refractivity contribution in [3.05, 3.63) is 53.4 Å². The molecule has 0 amide bonds. The summed E-state index contributed by atoms with van der Waals surface area (Å²) in [6, 6.07) is 7.64. The van der Waals surface area contributed by atoms with Gasteiger partial charge in [-0.2, -0.15) is 0 Å². The van der Waals surface area contributed by atoms with Gasteiger partial charge in [0.05, 0.1) is 16.7 Å². The second-order valence-corrected chi connectivity index (χ2v) is 5.02. The van der Waals surface area contributed by atoms with Crippen LogP contribution in [0.1, 0.15) is 18.3 Å². The van der Waals surface area contributed by atoms with Gasteiger partial charge >= 0.3 is 0 Å². The first-order valence-electron chi connectivity index (χ1n) is 6.74. The van der Waals surface area contributed by atoms with E-state index in [1.165, 1.54) is 19.1 Å². The van der Waals surface area contributed by atoms with Crippen LogP contribution in [0.3, 0.4) is 0 Å². The van der Waals surface area contributed by atoms with E-state index in [2.05, 4.69) is 4.98 Å². The molecule has 0 aliphatic rings. The van der Waals surface area contributed by atoms with Crippen LogP contribution in [0, 0.1) is 18.6 Å². The molecule has 0 aliphatic carbocycles. The van der Waals surface area contributed by atoms with Crippen molar-refractivity contribution in [3.63, 3.8) is 0 Å². The number of imidazole rings is 1. The monoisotopic (exact) mass is 287 g/mol. The maximum Gasteiger partial charge on any atom is 0.147 e. The number of nitrogens with two attached hydrogens (primary N) is 1. The number of benzene rings is 2.